The van der Waals surface area contributed by atoms with E-state index >= 15 is 0 Å². The number of nitrogens with two attached hydrogens (primary N) is 1. The minimum absolute atomic E-state index is 0.229. The van der Waals surface area contributed by atoms with E-state index in [0.717, 1.165) is 19.3 Å². The largest absolute Gasteiger partial charge is 0.328 e. The number of halogens is 1. The molecule has 0 aromatic heterocycles. The molecule has 1 fully saturated rings. The van der Waals surface area contributed by atoms with E-state index in [1.165, 1.54) is 32.1 Å². The lowest BCUT2D eigenvalue weighted by molar-refractivity contribution is 0.125. The van der Waals surface area contributed by atoms with Crippen molar-refractivity contribution in [1.82, 2.24) is 0 Å². The van der Waals surface area contributed by atoms with Gasteiger partial charge in [0.25, 0.3) is 0 Å². The van der Waals surface area contributed by atoms with E-state index in [-0.39, 0.29) is 12.5 Å². The Morgan fingerprint density at radius 3 is 2.27 bits per heavy atom. The lowest BCUT2D eigenvalue weighted by Crippen LogP contribution is -2.35. The molecule has 0 aromatic rings. The molecule has 0 bridgehead atoms. The van der Waals surface area contributed by atoms with Crippen LogP contribution < -0.4 is 5.73 Å². The summed E-state index contributed by atoms with van der Waals surface area (Å²) in [4.78, 5) is 0. The topological polar surface area (TPSA) is 26.0 Å². The van der Waals surface area contributed by atoms with Gasteiger partial charge in [0.05, 0.1) is 0 Å². The van der Waals surface area contributed by atoms with Crippen LogP contribution in [-0.4, -0.2) is 12.2 Å². The normalized spacial score (nSPS) is 20.2. The molecule has 0 heterocycles. The van der Waals surface area contributed by atoms with Crippen molar-refractivity contribution < 1.29 is 4.39 Å². The van der Waals surface area contributed by atoms with Crippen molar-refractivity contribution in [1.29, 1.82) is 0 Å². The van der Waals surface area contributed by atoms with E-state index in [2.05, 4.69) is 6.92 Å². The van der Waals surface area contributed by atoms with Crippen LogP contribution in [0.15, 0.2) is 0 Å². The van der Waals surface area contributed by atoms with Gasteiger partial charge in [-0.25, -0.2) is 4.39 Å². The van der Waals surface area contributed by atoms with Crippen molar-refractivity contribution in [3.63, 3.8) is 0 Å². The van der Waals surface area contributed by atoms with Crippen LogP contribution in [0.3, 0.4) is 0 Å². The third-order valence-corrected chi connectivity index (χ3v) is 3.59. The second kappa shape index (κ2) is 6.47. The number of unbranched alkanes of at least 4 members (excludes halogenated alkanes) is 5. The highest BCUT2D eigenvalue weighted by Gasteiger charge is 2.43. The summed E-state index contributed by atoms with van der Waals surface area (Å²) in [5.74, 6) is 0.290. The molecule has 1 saturated carbocycles. The van der Waals surface area contributed by atoms with Gasteiger partial charge in [-0.1, -0.05) is 45.4 Å². The van der Waals surface area contributed by atoms with E-state index in [0.29, 0.717) is 6.42 Å². The first-order valence-corrected chi connectivity index (χ1v) is 6.62. The molecule has 0 spiro atoms. The van der Waals surface area contributed by atoms with Gasteiger partial charge in [-0.3, -0.25) is 0 Å². The van der Waals surface area contributed by atoms with E-state index < -0.39 is 5.67 Å². The molecule has 0 aliphatic heterocycles. The van der Waals surface area contributed by atoms with E-state index in [1.54, 1.807) is 0 Å². The molecule has 15 heavy (non-hydrogen) atoms. The maximum atomic E-state index is 14.2. The molecule has 0 aromatic carbocycles. The average Bonchev–Trinajstić information content (AvgIpc) is 3.07. The number of rotatable bonds is 9. The standard InChI is InChI=1S/C13H26FN/c1-2-3-4-5-6-7-10-13(14,11-15)12-8-9-12/h12H,2-11,15H2,1H3. The molecule has 1 nitrogen and oxygen atoms in total. The molecular formula is C13H26FN. The summed E-state index contributed by atoms with van der Waals surface area (Å²) in [5.41, 5.74) is 4.51. The van der Waals surface area contributed by atoms with Gasteiger partial charge >= 0.3 is 0 Å². The minimum atomic E-state index is -1.02. The van der Waals surface area contributed by atoms with E-state index in [1.807, 2.05) is 0 Å². The van der Waals surface area contributed by atoms with Gasteiger partial charge in [0.2, 0.25) is 0 Å². The zero-order valence-corrected chi connectivity index (χ0v) is 10.1. The van der Waals surface area contributed by atoms with Crippen molar-refractivity contribution in [2.75, 3.05) is 6.54 Å². The molecule has 2 heteroatoms. The second-order valence-corrected chi connectivity index (χ2v) is 5.03. The van der Waals surface area contributed by atoms with Gasteiger partial charge in [-0.15, -0.1) is 0 Å². The van der Waals surface area contributed by atoms with Crippen molar-refractivity contribution in [2.24, 2.45) is 11.7 Å². The highest BCUT2D eigenvalue weighted by molar-refractivity contribution is 4.95. The molecule has 0 saturated heterocycles. The Hall–Kier alpha value is -0.110. The molecule has 1 atom stereocenters. The Morgan fingerprint density at radius 2 is 1.73 bits per heavy atom. The Kier molecular flexibility index (Phi) is 5.59. The first-order chi connectivity index (χ1) is 7.23. The van der Waals surface area contributed by atoms with Gasteiger partial charge in [-0.05, 0) is 25.2 Å². The third kappa shape index (κ3) is 4.50. The van der Waals surface area contributed by atoms with Crippen molar-refractivity contribution in [3.8, 4) is 0 Å². The summed E-state index contributed by atoms with van der Waals surface area (Å²) >= 11 is 0. The van der Waals surface area contributed by atoms with Crippen molar-refractivity contribution in [2.45, 2.75) is 70.4 Å². The summed E-state index contributed by atoms with van der Waals surface area (Å²) in [6, 6.07) is 0. The summed E-state index contributed by atoms with van der Waals surface area (Å²) in [7, 11) is 0. The average molecular weight is 215 g/mol. The van der Waals surface area contributed by atoms with Gasteiger partial charge in [0.15, 0.2) is 0 Å². The van der Waals surface area contributed by atoms with Crippen LogP contribution in [0.1, 0.15) is 64.7 Å². The monoisotopic (exact) mass is 215 g/mol. The van der Waals surface area contributed by atoms with Crippen LogP contribution in [0.2, 0.25) is 0 Å². The highest BCUT2D eigenvalue weighted by atomic mass is 19.1. The molecule has 0 amide bonds. The molecule has 1 aliphatic carbocycles. The summed E-state index contributed by atoms with van der Waals surface area (Å²) < 4.78 is 14.2. The Balaban J connectivity index is 2.02. The van der Waals surface area contributed by atoms with Gasteiger partial charge in [0, 0.05) is 6.54 Å². The quantitative estimate of drug-likeness (QED) is 0.581. The molecule has 1 rings (SSSR count). The molecule has 2 N–H and O–H groups in total. The fourth-order valence-electron chi connectivity index (χ4n) is 2.27. The first-order valence-electron chi connectivity index (χ1n) is 6.62. The zero-order valence-electron chi connectivity index (χ0n) is 10.1. The minimum Gasteiger partial charge on any atom is -0.328 e. The zero-order chi connectivity index (χ0) is 11.1. The lowest BCUT2D eigenvalue weighted by atomic mass is 9.92. The fraction of sp³-hybridized carbons (Fsp3) is 1.00. The third-order valence-electron chi connectivity index (χ3n) is 3.59. The molecule has 1 aliphatic rings. The lowest BCUT2D eigenvalue weighted by Gasteiger charge is -2.23. The smallest absolute Gasteiger partial charge is 0.126 e. The highest BCUT2D eigenvalue weighted by Crippen LogP contribution is 2.44. The van der Waals surface area contributed by atoms with Crippen molar-refractivity contribution in [3.05, 3.63) is 0 Å². The predicted octanol–water partition coefficient (Wildman–Crippen LogP) is 3.81. The number of alkyl halides is 1. The molecule has 90 valence electrons. The van der Waals surface area contributed by atoms with Gasteiger partial charge < -0.3 is 5.73 Å². The number of hydrogen-bond acceptors (Lipinski definition) is 1. The SMILES string of the molecule is CCCCCCCCC(F)(CN)C1CC1. The second-order valence-electron chi connectivity index (χ2n) is 5.03. The number of hydrogen-bond donors (Lipinski definition) is 1. The summed E-state index contributed by atoms with van der Waals surface area (Å²) in [6.45, 7) is 2.45. The fourth-order valence-corrected chi connectivity index (χ4v) is 2.27. The first kappa shape index (κ1) is 13.0. The maximum absolute atomic E-state index is 14.2. The Bertz CT molecular complexity index is 168. The van der Waals surface area contributed by atoms with Crippen LogP contribution in [0.5, 0.6) is 0 Å². The molecule has 0 radical (unpaired) electrons. The van der Waals surface area contributed by atoms with Crippen LogP contribution in [0.4, 0.5) is 4.39 Å². The van der Waals surface area contributed by atoms with E-state index in [9.17, 15) is 4.39 Å². The van der Waals surface area contributed by atoms with Gasteiger partial charge in [0.1, 0.15) is 5.67 Å². The van der Waals surface area contributed by atoms with Crippen LogP contribution in [0.25, 0.3) is 0 Å². The van der Waals surface area contributed by atoms with E-state index in [4.69, 9.17) is 5.73 Å². The van der Waals surface area contributed by atoms with Crippen LogP contribution in [-0.2, 0) is 0 Å². The molecular weight excluding hydrogens is 189 g/mol. The van der Waals surface area contributed by atoms with Gasteiger partial charge in [-0.2, -0.15) is 0 Å². The Labute approximate surface area is 93.6 Å². The van der Waals surface area contributed by atoms with Crippen molar-refractivity contribution >= 4 is 0 Å². The van der Waals surface area contributed by atoms with Crippen LogP contribution in [0, 0.1) is 5.92 Å². The molecule has 1 unspecified atom stereocenters. The Morgan fingerprint density at radius 1 is 1.13 bits per heavy atom. The summed E-state index contributed by atoms with van der Waals surface area (Å²) in [6.07, 6.45) is 10.2. The summed E-state index contributed by atoms with van der Waals surface area (Å²) in [5, 5.41) is 0. The van der Waals surface area contributed by atoms with Crippen LogP contribution >= 0.6 is 0 Å². The maximum Gasteiger partial charge on any atom is 0.126 e. The predicted molar refractivity (Wildman–Crippen MR) is 63.6 cm³/mol.